The number of fused-ring (bicyclic) bond motifs is 1. The number of hydrogen-bond acceptors (Lipinski definition) is 3. The van der Waals surface area contributed by atoms with Crippen molar-refractivity contribution in [3.63, 3.8) is 0 Å². The van der Waals surface area contributed by atoms with Gasteiger partial charge in [-0.25, -0.2) is 0 Å². The minimum atomic E-state index is -0.478. The van der Waals surface area contributed by atoms with Gasteiger partial charge in [-0.1, -0.05) is 12.1 Å². The average Bonchev–Trinajstić information content (AvgIpc) is 3.14. The van der Waals surface area contributed by atoms with Crippen LogP contribution >= 0.6 is 0 Å². The third-order valence-corrected chi connectivity index (χ3v) is 4.73. The highest BCUT2D eigenvalue weighted by Crippen LogP contribution is 2.35. The molecule has 0 radical (unpaired) electrons. The van der Waals surface area contributed by atoms with E-state index in [-0.39, 0.29) is 0 Å². The van der Waals surface area contributed by atoms with E-state index in [4.69, 9.17) is 9.47 Å². The number of aryl methyl sites for hydroxylation is 1. The van der Waals surface area contributed by atoms with Crippen LogP contribution in [-0.2, 0) is 22.4 Å². The topological polar surface area (TPSA) is 35.5 Å². The molecule has 0 aromatic heterocycles. The molecule has 3 heteroatoms. The fraction of sp³-hybridized carbons (Fsp3) is 0.611. The summed E-state index contributed by atoms with van der Waals surface area (Å²) in [5.74, 6) is 1.30. The Bertz CT molecular complexity index is 515. The molecule has 0 amide bonds. The highest BCUT2D eigenvalue weighted by atomic mass is 16.5. The van der Waals surface area contributed by atoms with Gasteiger partial charge in [0, 0.05) is 19.4 Å². The maximum Gasteiger partial charge on any atom is 0.164 e. The van der Waals surface area contributed by atoms with E-state index in [0.717, 1.165) is 50.9 Å². The molecular weight excluding hydrogens is 264 g/mol. The fourth-order valence-electron chi connectivity index (χ4n) is 3.61. The molecule has 0 bridgehead atoms. The highest BCUT2D eigenvalue weighted by Gasteiger charge is 2.40. The second-order valence-electron chi connectivity index (χ2n) is 6.10. The standard InChI is InChI=1S/C18H24O3/c1-2-21-18(10-3-4-11-18)17(19)8-6-14-5-7-16-15(13-14)9-12-20-16/h5,7,13H,2-4,6,8-12H2,1H3. The Kier molecular flexibility index (Phi) is 4.29. The van der Waals surface area contributed by atoms with Crippen molar-refractivity contribution < 1.29 is 14.3 Å². The normalized spacial score (nSPS) is 19.3. The van der Waals surface area contributed by atoms with Crippen LogP contribution in [0.2, 0.25) is 0 Å². The number of rotatable bonds is 6. The predicted molar refractivity (Wildman–Crippen MR) is 81.8 cm³/mol. The van der Waals surface area contributed by atoms with E-state index >= 15 is 0 Å². The number of hydrogen-bond donors (Lipinski definition) is 0. The van der Waals surface area contributed by atoms with Crippen molar-refractivity contribution in [3.8, 4) is 5.75 Å². The van der Waals surface area contributed by atoms with E-state index in [2.05, 4.69) is 12.1 Å². The van der Waals surface area contributed by atoms with Crippen LogP contribution in [-0.4, -0.2) is 24.6 Å². The molecule has 1 aliphatic heterocycles. The smallest absolute Gasteiger partial charge is 0.164 e. The number of carbonyl (C=O) groups excluding carboxylic acids is 1. The van der Waals surface area contributed by atoms with Crippen molar-refractivity contribution in [1.29, 1.82) is 0 Å². The third kappa shape index (κ3) is 2.98. The summed E-state index contributed by atoms with van der Waals surface area (Å²) in [7, 11) is 0. The Balaban J connectivity index is 1.62. The van der Waals surface area contributed by atoms with Gasteiger partial charge in [0.05, 0.1) is 6.61 Å². The molecule has 1 heterocycles. The van der Waals surface area contributed by atoms with Crippen LogP contribution in [0.5, 0.6) is 5.75 Å². The van der Waals surface area contributed by atoms with Crippen molar-refractivity contribution in [2.45, 2.75) is 57.5 Å². The summed E-state index contributed by atoms with van der Waals surface area (Å²) in [6, 6.07) is 6.31. The van der Waals surface area contributed by atoms with E-state index in [1.807, 2.05) is 13.0 Å². The molecule has 0 spiro atoms. The zero-order valence-electron chi connectivity index (χ0n) is 12.8. The molecule has 0 unspecified atom stereocenters. The Labute approximate surface area is 126 Å². The van der Waals surface area contributed by atoms with E-state index in [1.54, 1.807) is 0 Å². The van der Waals surface area contributed by atoms with Crippen molar-refractivity contribution >= 4 is 5.78 Å². The molecule has 0 atom stereocenters. The fourth-order valence-corrected chi connectivity index (χ4v) is 3.61. The van der Waals surface area contributed by atoms with E-state index in [0.29, 0.717) is 18.8 Å². The maximum absolute atomic E-state index is 12.6. The van der Waals surface area contributed by atoms with Crippen LogP contribution in [0.1, 0.15) is 50.2 Å². The van der Waals surface area contributed by atoms with Gasteiger partial charge in [-0.15, -0.1) is 0 Å². The van der Waals surface area contributed by atoms with Crippen molar-refractivity contribution in [2.75, 3.05) is 13.2 Å². The van der Waals surface area contributed by atoms with Crippen molar-refractivity contribution in [1.82, 2.24) is 0 Å². The molecule has 1 aromatic carbocycles. The molecule has 2 aliphatic rings. The van der Waals surface area contributed by atoms with Gasteiger partial charge >= 0.3 is 0 Å². The highest BCUT2D eigenvalue weighted by molar-refractivity contribution is 5.87. The number of ketones is 1. The molecular formula is C18H24O3. The van der Waals surface area contributed by atoms with Gasteiger partial charge in [0.2, 0.25) is 0 Å². The SMILES string of the molecule is CCOC1(C(=O)CCc2ccc3c(c2)CCO3)CCCC1. The zero-order valence-corrected chi connectivity index (χ0v) is 12.8. The molecule has 0 saturated heterocycles. The van der Waals surface area contributed by atoms with Crippen LogP contribution < -0.4 is 4.74 Å². The quantitative estimate of drug-likeness (QED) is 0.804. The molecule has 1 fully saturated rings. The lowest BCUT2D eigenvalue weighted by molar-refractivity contribution is -0.143. The number of carbonyl (C=O) groups is 1. The first kappa shape index (κ1) is 14.6. The number of ether oxygens (including phenoxy) is 2. The first-order chi connectivity index (χ1) is 10.2. The summed E-state index contributed by atoms with van der Waals surface area (Å²) in [4.78, 5) is 12.6. The molecule has 1 saturated carbocycles. The van der Waals surface area contributed by atoms with Crippen molar-refractivity contribution in [2.24, 2.45) is 0 Å². The van der Waals surface area contributed by atoms with Gasteiger partial charge in [0.1, 0.15) is 11.4 Å². The molecule has 21 heavy (non-hydrogen) atoms. The van der Waals surface area contributed by atoms with E-state index < -0.39 is 5.60 Å². The Morgan fingerprint density at radius 2 is 2.14 bits per heavy atom. The summed E-state index contributed by atoms with van der Waals surface area (Å²) < 4.78 is 11.4. The second kappa shape index (κ2) is 6.18. The van der Waals surface area contributed by atoms with Gasteiger partial charge in [-0.2, -0.15) is 0 Å². The molecule has 114 valence electrons. The Hall–Kier alpha value is -1.35. The maximum atomic E-state index is 12.6. The van der Waals surface area contributed by atoms with E-state index in [9.17, 15) is 4.79 Å². The van der Waals surface area contributed by atoms with Gasteiger partial charge in [0.15, 0.2) is 5.78 Å². The molecule has 1 aliphatic carbocycles. The van der Waals surface area contributed by atoms with Crippen LogP contribution in [0, 0.1) is 0 Å². The van der Waals surface area contributed by atoms with E-state index in [1.165, 1.54) is 11.1 Å². The lowest BCUT2D eigenvalue weighted by atomic mass is 9.91. The monoisotopic (exact) mass is 288 g/mol. The number of benzene rings is 1. The minimum absolute atomic E-state index is 0.290. The van der Waals surface area contributed by atoms with Crippen molar-refractivity contribution in [3.05, 3.63) is 29.3 Å². The van der Waals surface area contributed by atoms with Gasteiger partial charge < -0.3 is 9.47 Å². The molecule has 3 rings (SSSR count). The first-order valence-corrected chi connectivity index (χ1v) is 8.15. The summed E-state index contributed by atoms with van der Waals surface area (Å²) >= 11 is 0. The van der Waals surface area contributed by atoms with Gasteiger partial charge in [-0.05, 0) is 56.2 Å². The summed E-state index contributed by atoms with van der Waals surface area (Å²) in [5.41, 5.74) is 2.03. The van der Waals surface area contributed by atoms with Crippen LogP contribution in [0.15, 0.2) is 18.2 Å². The number of Topliss-reactive ketones (excluding diaryl/α,β-unsaturated/α-hetero) is 1. The van der Waals surface area contributed by atoms with Gasteiger partial charge in [0.25, 0.3) is 0 Å². The Morgan fingerprint density at radius 3 is 2.90 bits per heavy atom. The molecule has 0 N–H and O–H groups in total. The van der Waals surface area contributed by atoms with Crippen LogP contribution in [0.3, 0.4) is 0 Å². The average molecular weight is 288 g/mol. The minimum Gasteiger partial charge on any atom is -0.493 e. The lowest BCUT2D eigenvalue weighted by Crippen LogP contribution is -2.39. The predicted octanol–water partition coefficient (Wildman–Crippen LogP) is 3.47. The summed E-state index contributed by atoms with van der Waals surface area (Å²) in [5, 5.41) is 0. The van der Waals surface area contributed by atoms with Gasteiger partial charge in [-0.3, -0.25) is 4.79 Å². The Morgan fingerprint density at radius 1 is 1.33 bits per heavy atom. The first-order valence-electron chi connectivity index (χ1n) is 8.15. The molecule has 1 aromatic rings. The summed E-state index contributed by atoms with van der Waals surface area (Å²) in [6.07, 6.45) is 6.40. The largest absolute Gasteiger partial charge is 0.493 e. The van der Waals surface area contributed by atoms with Crippen LogP contribution in [0.4, 0.5) is 0 Å². The summed E-state index contributed by atoms with van der Waals surface area (Å²) in [6.45, 7) is 3.39. The lowest BCUT2D eigenvalue weighted by Gasteiger charge is -2.27. The zero-order chi connectivity index (χ0) is 14.7. The third-order valence-electron chi connectivity index (χ3n) is 4.73. The second-order valence-corrected chi connectivity index (χ2v) is 6.10. The van der Waals surface area contributed by atoms with Crippen LogP contribution in [0.25, 0.3) is 0 Å². The molecule has 3 nitrogen and oxygen atoms in total.